The molecule has 1 aromatic carbocycles. The molecular weight excluding hydrogens is 326 g/mol. The van der Waals surface area contributed by atoms with Crippen LogP contribution in [-0.2, 0) is 20.9 Å². The molecule has 9 heteroatoms. The van der Waals surface area contributed by atoms with Crippen molar-refractivity contribution in [3.05, 3.63) is 42.5 Å². The van der Waals surface area contributed by atoms with Crippen LogP contribution < -0.4 is 5.32 Å². The average molecular weight is 345 g/mol. The lowest BCUT2D eigenvalue weighted by molar-refractivity contribution is -0.143. The number of carboxylic acid groups (broad SMARTS) is 1. The van der Waals surface area contributed by atoms with Gasteiger partial charge in [-0.2, -0.15) is 4.80 Å². The van der Waals surface area contributed by atoms with E-state index in [1.54, 1.807) is 0 Å². The minimum atomic E-state index is -1.19. The molecule has 0 spiro atoms. The Kier molecular flexibility index (Phi) is 6.35. The van der Waals surface area contributed by atoms with E-state index >= 15 is 0 Å². The number of amides is 1. The lowest BCUT2D eigenvalue weighted by Crippen LogP contribution is -2.45. The monoisotopic (exact) mass is 345 g/mol. The van der Waals surface area contributed by atoms with E-state index in [0.29, 0.717) is 5.82 Å². The second-order valence-corrected chi connectivity index (χ2v) is 5.29. The SMILES string of the molecule is C=CCOCC(NC(=O)Cn1nnc(-c2ccc(C)cc2)n1)C(=O)O. The fourth-order valence-electron chi connectivity index (χ4n) is 1.94. The van der Waals surface area contributed by atoms with Crippen LogP contribution in [0, 0.1) is 6.92 Å². The van der Waals surface area contributed by atoms with Crippen molar-refractivity contribution < 1.29 is 19.4 Å². The molecule has 132 valence electrons. The van der Waals surface area contributed by atoms with Crippen LogP contribution in [0.15, 0.2) is 36.9 Å². The molecule has 0 bridgehead atoms. The molecule has 9 nitrogen and oxygen atoms in total. The highest BCUT2D eigenvalue weighted by Gasteiger charge is 2.20. The molecule has 0 saturated heterocycles. The van der Waals surface area contributed by atoms with Gasteiger partial charge in [-0.3, -0.25) is 4.79 Å². The van der Waals surface area contributed by atoms with Crippen LogP contribution in [0.5, 0.6) is 0 Å². The van der Waals surface area contributed by atoms with Crippen molar-refractivity contribution in [1.82, 2.24) is 25.5 Å². The van der Waals surface area contributed by atoms with Crippen molar-refractivity contribution in [2.45, 2.75) is 19.5 Å². The van der Waals surface area contributed by atoms with E-state index in [0.717, 1.165) is 15.9 Å². The van der Waals surface area contributed by atoms with Crippen molar-refractivity contribution >= 4 is 11.9 Å². The van der Waals surface area contributed by atoms with Crippen LogP contribution in [0.2, 0.25) is 0 Å². The third kappa shape index (κ3) is 5.50. The first-order chi connectivity index (χ1) is 12.0. The Morgan fingerprint density at radius 1 is 1.40 bits per heavy atom. The minimum Gasteiger partial charge on any atom is -0.480 e. The summed E-state index contributed by atoms with van der Waals surface area (Å²) in [4.78, 5) is 24.2. The number of tetrazole rings is 1. The third-order valence-corrected chi connectivity index (χ3v) is 3.20. The van der Waals surface area contributed by atoms with Gasteiger partial charge in [0, 0.05) is 5.56 Å². The van der Waals surface area contributed by atoms with Crippen LogP contribution in [-0.4, -0.2) is 56.4 Å². The normalized spacial score (nSPS) is 11.7. The number of aliphatic carboxylic acids is 1. The molecule has 2 N–H and O–H groups in total. The zero-order valence-electron chi connectivity index (χ0n) is 13.8. The number of nitrogens with one attached hydrogen (secondary N) is 1. The standard InChI is InChI=1S/C16H19N5O4/c1-3-8-25-10-13(16(23)24)17-14(22)9-21-19-15(18-20-21)12-6-4-11(2)5-7-12/h3-7,13H,1,8-10H2,2H3,(H,17,22)(H,23,24). The molecule has 0 aliphatic carbocycles. The first-order valence-electron chi connectivity index (χ1n) is 7.55. The van der Waals surface area contributed by atoms with Crippen LogP contribution in [0.1, 0.15) is 5.56 Å². The predicted molar refractivity (Wildman–Crippen MR) is 88.6 cm³/mol. The number of nitrogens with zero attached hydrogens (tertiary/aromatic N) is 4. The zero-order chi connectivity index (χ0) is 18.2. The molecule has 0 fully saturated rings. The van der Waals surface area contributed by atoms with Gasteiger partial charge in [0.25, 0.3) is 0 Å². The second-order valence-electron chi connectivity index (χ2n) is 5.29. The first-order valence-corrected chi connectivity index (χ1v) is 7.55. The Balaban J connectivity index is 1.94. The molecule has 1 aromatic heterocycles. The summed E-state index contributed by atoms with van der Waals surface area (Å²) in [5, 5.41) is 23.3. The summed E-state index contributed by atoms with van der Waals surface area (Å²) in [7, 11) is 0. The third-order valence-electron chi connectivity index (χ3n) is 3.20. The number of ether oxygens (including phenoxy) is 1. The van der Waals surface area contributed by atoms with Crippen molar-refractivity contribution in [2.24, 2.45) is 0 Å². The topological polar surface area (TPSA) is 119 Å². The highest BCUT2D eigenvalue weighted by molar-refractivity contribution is 5.83. The maximum atomic E-state index is 12.0. The number of benzene rings is 1. The van der Waals surface area contributed by atoms with Gasteiger partial charge in [-0.05, 0) is 12.1 Å². The quantitative estimate of drug-likeness (QED) is 0.499. The van der Waals surface area contributed by atoms with E-state index in [2.05, 4.69) is 27.3 Å². The molecule has 0 aliphatic heterocycles. The first kappa shape index (κ1) is 18.3. The van der Waals surface area contributed by atoms with Gasteiger partial charge in [0.15, 0.2) is 6.04 Å². The van der Waals surface area contributed by atoms with Gasteiger partial charge in [0.1, 0.15) is 6.54 Å². The number of carbonyl (C=O) groups excluding carboxylic acids is 1. The molecule has 1 atom stereocenters. The molecule has 2 aromatic rings. The number of aryl methyl sites for hydroxylation is 1. The lowest BCUT2D eigenvalue weighted by Gasteiger charge is -2.13. The average Bonchev–Trinajstić information content (AvgIpc) is 3.03. The Labute approximate surface area is 144 Å². The van der Waals surface area contributed by atoms with Gasteiger partial charge in [0.05, 0.1) is 13.2 Å². The fraction of sp³-hybridized carbons (Fsp3) is 0.312. The molecule has 25 heavy (non-hydrogen) atoms. The molecular formula is C16H19N5O4. The van der Waals surface area contributed by atoms with E-state index in [-0.39, 0.29) is 19.8 Å². The van der Waals surface area contributed by atoms with Crippen molar-refractivity contribution in [3.8, 4) is 11.4 Å². The Hall–Kier alpha value is -3.07. The lowest BCUT2D eigenvalue weighted by atomic mass is 10.1. The van der Waals surface area contributed by atoms with E-state index in [1.165, 1.54) is 6.08 Å². The molecule has 1 amide bonds. The van der Waals surface area contributed by atoms with Crippen molar-refractivity contribution in [1.29, 1.82) is 0 Å². The molecule has 0 radical (unpaired) electrons. The smallest absolute Gasteiger partial charge is 0.328 e. The van der Waals surface area contributed by atoms with Crippen LogP contribution in [0.3, 0.4) is 0 Å². The van der Waals surface area contributed by atoms with E-state index in [9.17, 15) is 9.59 Å². The minimum absolute atomic E-state index is 0.160. The van der Waals surface area contributed by atoms with E-state index < -0.39 is 17.9 Å². The van der Waals surface area contributed by atoms with Crippen LogP contribution in [0.25, 0.3) is 11.4 Å². The summed E-state index contributed by atoms with van der Waals surface area (Å²) in [5.41, 5.74) is 1.88. The van der Waals surface area contributed by atoms with Gasteiger partial charge >= 0.3 is 5.97 Å². The van der Waals surface area contributed by atoms with Gasteiger partial charge in [-0.25, -0.2) is 4.79 Å². The van der Waals surface area contributed by atoms with Crippen LogP contribution >= 0.6 is 0 Å². The van der Waals surface area contributed by atoms with Gasteiger partial charge in [-0.15, -0.1) is 16.8 Å². The van der Waals surface area contributed by atoms with Gasteiger partial charge in [-0.1, -0.05) is 35.9 Å². The summed E-state index contributed by atoms with van der Waals surface area (Å²) in [6, 6.07) is 6.39. The zero-order valence-corrected chi connectivity index (χ0v) is 13.8. The maximum Gasteiger partial charge on any atom is 0.328 e. The van der Waals surface area contributed by atoms with E-state index in [4.69, 9.17) is 9.84 Å². The van der Waals surface area contributed by atoms with Crippen LogP contribution in [0.4, 0.5) is 0 Å². The van der Waals surface area contributed by atoms with Gasteiger partial charge in [0.2, 0.25) is 11.7 Å². The summed E-state index contributed by atoms with van der Waals surface area (Å²) in [5.74, 6) is -1.36. The summed E-state index contributed by atoms with van der Waals surface area (Å²) in [6.07, 6.45) is 1.49. The van der Waals surface area contributed by atoms with Gasteiger partial charge < -0.3 is 15.2 Å². The summed E-state index contributed by atoms with van der Waals surface area (Å²) in [6.45, 7) is 5.23. The predicted octanol–water partition coefficient (Wildman–Crippen LogP) is 0.421. The number of aromatic nitrogens is 4. The Morgan fingerprint density at radius 2 is 2.12 bits per heavy atom. The number of hydrogen-bond acceptors (Lipinski definition) is 6. The molecule has 0 aliphatic rings. The maximum absolute atomic E-state index is 12.0. The van der Waals surface area contributed by atoms with E-state index in [1.807, 2.05) is 31.2 Å². The highest BCUT2D eigenvalue weighted by atomic mass is 16.5. The molecule has 2 rings (SSSR count). The number of carboxylic acids is 1. The summed E-state index contributed by atoms with van der Waals surface area (Å²) >= 11 is 0. The second kappa shape index (κ2) is 8.69. The van der Waals surface area contributed by atoms with Crippen molar-refractivity contribution in [3.63, 3.8) is 0 Å². The van der Waals surface area contributed by atoms with Crippen molar-refractivity contribution in [2.75, 3.05) is 13.2 Å². The Morgan fingerprint density at radius 3 is 2.76 bits per heavy atom. The number of hydrogen-bond donors (Lipinski definition) is 2. The Bertz CT molecular complexity index is 741. The molecule has 1 heterocycles. The largest absolute Gasteiger partial charge is 0.480 e. The summed E-state index contributed by atoms with van der Waals surface area (Å²) < 4.78 is 5.06. The number of carbonyl (C=O) groups is 2. The molecule has 0 saturated carbocycles. The molecule has 1 unspecified atom stereocenters. The number of rotatable bonds is 9. The highest BCUT2D eigenvalue weighted by Crippen LogP contribution is 2.13. The fourth-order valence-corrected chi connectivity index (χ4v) is 1.94.